The monoisotopic (exact) mass is 474 g/mol. The summed E-state index contributed by atoms with van der Waals surface area (Å²) in [5.74, 6) is 2.06. The van der Waals surface area contributed by atoms with E-state index in [2.05, 4.69) is 11.8 Å². The molecule has 0 aliphatic heterocycles. The Kier molecular flexibility index (Phi) is 7.83. The third-order valence-corrected chi connectivity index (χ3v) is 7.43. The lowest BCUT2D eigenvalue weighted by molar-refractivity contribution is 0.0655. The smallest absolute Gasteiger partial charge is 0.201 e. The van der Waals surface area contributed by atoms with Crippen molar-refractivity contribution in [3.05, 3.63) is 64.2 Å². The third kappa shape index (κ3) is 5.10. The lowest BCUT2D eigenvalue weighted by atomic mass is 9.77. The fraction of sp³-hybridized carbons (Fsp3) is 0.500. The molecule has 2 aromatic rings. The van der Waals surface area contributed by atoms with Gasteiger partial charge >= 0.3 is 0 Å². The van der Waals surface area contributed by atoms with E-state index < -0.39 is 23.3 Å². The van der Waals surface area contributed by atoms with Crippen molar-refractivity contribution in [3.63, 3.8) is 0 Å². The number of halogens is 4. The Morgan fingerprint density at radius 1 is 0.676 bits per heavy atom. The van der Waals surface area contributed by atoms with E-state index in [9.17, 15) is 13.2 Å². The molecule has 0 N–H and O–H groups in total. The third-order valence-electron chi connectivity index (χ3n) is 7.43. The molecule has 4 rings (SSSR count). The normalized spacial score (nSPS) is 24.9. The molecule has 0 bridgehead atoms. The summed E-state index contributed by atoms with van der Waals surface area (Å²) in [4.78, 5) is 0. The molecule has 2 aliphatic carbocycles. The van der Waals surface area contributed by atoms with Gasteiger partial charge in [0, 0.05) is 13.0 Å². The van der Waals surface area contributed by atoms with Crippen molar-refractivity contribution in [2.75, 3.05) is 14.2 Å². The van der Waals surface area contributed by atoms with Crippen LogP contribution in [0.25, 0.3) is 0 Å². The molecule has 34 heavy (non-hydrogen) atoms. The van der Waals surface area contributed by atoms with Crippen LogP contribution in [0.15, 0.2) is 24.3 Å². The maximum absolute atomic E-state index is 15.0. The Bertz CT molecular complexity index is 1070. The van der Waals surface area contributed by atoms with E-state index in [-0.39, 0.29) is 35.2 Å². The standard InChI is InChI=1S/C28H30F4O2/c1-33-21-12-9-19(10-13-21)23-15-14-22(26(30)27(23)31)18-6-3-17(4-7-18)5-8-20-11-16-24(34-2)28(32)25(20)29/h11,14-19,21H,3-4,6-7,9-10,12-13H2,1-2H3. The number of methoxy groups -OCH3 is 2. The molecule has 2 fully saturated rings. The Balaban J connectivity index is 1.40. The van der Waals surface area contributed by atoms with Gasteiger partial charge in [0.15, 0.2) is 23.2 Å². The number of hydrogen-bond donors (Lipinski definition) is 0. The van der Waals surface area contributed by atoms with Crippen molar-refractivity contribution < 1.29 is 27.0 Å². The second-order valence-corrected chi connectivity index (χ2v) is 9.34. The van der Waals surface area contributed by atoms with E-state index in [1.807, 2.05) is 0 Å². The molecule has 0 spiro atoms. The summed E-state index contributed by atoms with van der Waals surface area (Å²) in [6.45, 7) is 0. The van der Waals surface area contributed by atoms with Gasteiger partial charge in [0.2, 0.25) is 5.82 Å². The summed E-state index contributed by atoms with van der Waals surface area (Å²) in [7, 11) is 2.97. The molecule has 0 amide bonds. The molecule has 2 nitrogen and oxygen atoms in total. The lowest BCUT2D eigenvalue weighted by Crippen LogP contribution is -2.20. The van der Waals surface area contributed by atoms with E-state index in [0.29, 0.717) is 36.8 Å². The van der Waals surface area contributed by atoms with Gasteiger partial charge in [0.05, 0.1) is 18.8 Å². The first-order valence-corrected chi connectivity index (χ1v) is 12.0. The summed E-state index contributed by atoms with van der Waals surface area (Å²) < 4.78 is 68.2. The van der Waals surface area contributed by atoms with Gasteiger partial charge in [-0.25, -0.2) is 13.2 Å². The fourth-order valence-corrected chi connectivity index (χ4v) is 5.33. The molecular formula is C28H30F4O2. The van der Waals surface area contributed by atoms with E-state index in [1.165, 1.54) is 19.2 Å². The predicted molar refractivity (Wildman–Crippen MR) is 123 cm³/mol. The van der Waals surface area contributed by atoms with Gasteiger partial charge < -0.3 is 9.47 Å². The molecule has 0 saturated heterocycles. The second kappa shape index (κ2) is 10.8. The highest BCUT2D eigenvalue weighted by atomic mass is 19.2. The Labute approximate surface area is 198 Å². The van der Waals surface area contributed by atoms with Crippen molar-refractivity contribution >= 4 is 0 Å². The first-order valence-electron chi connectivity index (χ1n) is 12.0. The number of ether oxygens (including phenoxy) is 2. The average molecular weight is 475 g/mol. The summed E-state index contributed by atoms with van der Waals surface area (Å²) in [6.07, 6.45) is 6.28. The van der Waals surface area contributed by atoms with Crippen molar-refractivity contribution in [3.8, 4) is 17.6 Å². The second-order valence-electron chi connectivity index (χ2n) is 9.34. The van der Waals surface area contributed by atoms with Crippen LogP contribution in [0.2, 0.25) is 0 Å². The summed E-state index contributed by atoms with van der Waals surface area (Å²) in [5, 5.41) is 0. The Morgan fingerprint density at radius 2 is 1.24 bits per heavy atom. The van der Waals surface area contributed by atoms with Crippen LogP contribution in [0.5, 0.6) is 5.75 Å². The lowest BCUT2D eigenvalue weighted by Gasteiger charge is -2.29. The van der Waals surface area contributed by atoms with Gasteiger partial charge in [0.1, 0.15) is 0 Å². The van der Waals surface area contributed by atoms with Gasteiger partial charge in [-0.3, -0.25) is 0 Å². The average Bonchev–Trinajstić information content (AvgIpc) is 2.87. The van der Waals surface area contributed by atoms with E-state index in [0.717, 1.165) is 25.7 Å². The molecule has 0 atom stereocenters. The van der Waals surface area contributed by atoms with Crippen molar-refractivity contribution in [2.24, 2.45) is 5.92 Å². The molecule has 182 valence electrons. The predicted octanol–water partition coefficient (Wildman–Crippen LogP) is 7.25. The van der Waals surface area contributed by atoms with Crippen LogP contribution in [0.4, 0.5) is 17.6 Å². The molecule has 0 heterocycles. The topological polar surface area (TPSA) is 18.5 Å². The summed E-state index contributed by atoms with van der Waals surface area (Å²) in [5.41, 5.74) is 0.897. The summed E-state index contributed by atoms with van der Waals surface area (Å²) in [6, 6.07) is 6.27. The molecule has 0 aromatic heterocycles. The van der Waals surface area contributed by atoms with Crippen molar-refractivity contribution in [2.45, 2.75) is 69.3 Å². The molecule has 0 unspecified atom stereocenters. The fourth-order valence-electron chi connectivity index (χ4n) is 5.33. The maximum Gasteiger partial charge on any atom is 0.201 e. The van der Waals surface area contributed by atoms with Crippen LogP contribution in [0.3, 0.4) is 0 Å². The molecule has 2 saturated carbocycles. The highest BCUT2D eigenvalue weighted by Crippen LogP contribution is 2.40. The molecule has 0 radical (unpaired) electrons. The zero-order valence-corrected chi connectivity index (χ0v) is 19.6. The van der Waals surface area contributed by atoms with Gasteiger partial charge in [-0.05, 0) is 86.5 Å². The Morgan fingerprint density at radius 3 is 1.76 bits per heavy atom. The van der Waals surface area contributed by atoms with Crippen LogP contribution in [0.1, 0.15) is 79.9 Å². The van der Waals surface area contributed by atoms with Crippen LogP contribution in [-0.2, 0) is 4.74 Å². The van der Waals surface area contributed by atoms with Gasteiger partial charge in [-0.15, -0.1) is 0 Å². The maximum atomic E-state index is 15.0. The highest BCUT2D eigenvalue weighted by Gasteiger charge is 2.29. The summed E-state index contributed by atoms with van der Waals surface area (Å²) >= 11 is 0. The van der Waals surface area contributed by atoms with Crippen LogP contribution < -0.4 is 4.74 Å². The van der Waals surface area contributed by atoms with Gasteiger partial charge in [-0.1, -0.05) is 24.0 Å². The number of rotatable bonds is 4. The van der Waals surface area contributed by atoms with Gasteiger partial charge in [0.25, 0.3) is 0 Å². The van der Waals surface area contributed by atoms with Crippen molar-refractivity contribution in [1.29, 1.82) is 0 Å². The molecule has 2 aromatic carbocycles. The SMILES string of the molecule is COc1ccc(C#CC2CCC(c3ccc(C4CCC(OC)CC4)c(F)c3F)CC2)c(F)c1F. The zero-order valence-electron chi connectivity index (χ0n) is 19.6. The zero-order chi connectivity index (χ0) is 24.2. The first kappa shape index (κ1) is 24.6. The molecule has 2 aliphatic rings. The largest absolute Gasteiger partial charge is 0.494 e. The van der Waals surface area contributed by atoms with Gasteiger partial charge in [-0.2, -0.15) is 4.39 Å². The number of benzene rings is 2. The van der Waals surface area contributed by atoms with Crippen LogP contribution >= 0.6 is 0 Å². The van der Waals surface area contributed by atoms with Crippen molar-refractivity contribution in [1.82, 2.24) is 0 Å². The minimum atomic E-state index is -1.05. The van der Waals surface area contributed by atoms with E-state index in [1.54, 1.807) is 19.2 Å². The van der Waals surface area contributed by atoms with E-state index in [4.69, 9.17) is 9.47 Å². The van der Waals surface area contributed by atoms with Crippen LogP contribution in [0, 0.1) is 41.0 Å². The first-order chi connectivity index (χ1) is 16.4. The number of hydrogen-bond acceptors (Lipinski definition) is 2. The molecule has 6 heteroatoms. The highest BCUT2D eigenvalue weighted by molar-refractivity contribution is 5.41. The quantitative estimate of drug-likeness (QED) is 0.343. The minimum Gasteiger partial charge on any atom is -0.494 e. The van der Waals surface area contributed by atoms with Crippen LogP contribution in [-0.4, -0.2) is 20.3 Å². The molecular weight excluding hydrogens is 444 g/mol. The minimum absolute atomic E-state index is 0.00367. The van der Waals surface area contributed by atoms with E-state index >= 15 is 4.39 Å². The Hall–Kier alpha value is -2.52.